The monoisotopic (exact) mass is 378 g/mol. The van der Waals surface area contributed by atoms with E-state index in [-0.39, 0.29) is 5.78 Å². The second-order valence-corrected chi connectivity index (χ2v) is 6.03. The van der Waals surface area contributed by atoms with Gasteiger partial charge in [0.2, 0.25) is 5.78 Å². The molecule has 0 saturated carbocycles. The second kappa shape index (κ2) is 5.00. The predicted octanol–water partition coefficient (Wildman–Crippen LogP) is 5.16. The van der Waals surface area contributed by atoms with Crippen molar-refractivity contribution in [1.82, 2.24) is 0 Å². The molecule has 0 atom stereocenters. The SMILES string of the molecule is O=C(c1cccc(Cl)c1)c1scc(Br)c1Br. The van der Waals surface area contributed by atoms with Gasteiger partial charge in [-0.2, -0.15) is 0 Å². The van der Waals surface area contributed by atoms with Crippen LogP contribution < -0.4 is 0 Å². The number of ketones is 1. The van der Waals surface area contributed by atoms with Crippen LogP contribution in [-0.2, 0) is 0 Å². The van der Waals surface area contributed by atoms with Crippen LogP contribution in [0.1, 0.15) is 15.2 Å². The Balaban J connectivity index is 2.43. The summed E-state index contributed by atoms with van der Waals surface area (Å²) in [6.07, 6.45) is 0. The molecule has 16 heavy (non-hydrogen) atoms. The van der Waals surface area contributed by atoms with Crippen LogP contribution in [0.3, 0.4) is 0 Å². The lowest BCUT2D eigenvalue weighted by molar-refractivity contribution is 0.104. The van der Waals surface area contributed by atoms with Gasteiger partial charge in [0.05, 0.1) is 9.35 Å². The molecule has 5 heteroatoms. The Kier molecular flexibility index (Phi) is 3.85. The highest BCUT2D eigenvalue weighted by molar-refractivity contribution is 9.13. The highest BCUT2D eigenvalue weighted by Gasteiger charge is 2.16. The molecule has 1 aromatic carbocycles. The van der Waals surface area contributed by atoms with Crippen LogP contribution in [0.4, 0.5) is 0 Å². The summed E-state index contributed by atoms with van der Waals surface area (Å²) in [5, 5.41) is 2.44. The van der Waals surface area contributed by atoms with E-state index in [2.05, 4.69) is 31.9 Å². The van der Waals surface area contributed by atoms with Gasteiger partial charge in [-0.15, -0.1) is 11.3 Å². The summed E-state index contributed by atoms with van der Waals surface area (Å²) in [4.78, 5) is 12.8. The summed E-state index contributed by atoms with van der Waals surface area (Å²) >= 11 is 14.0. The van der Waals surface area contributed by atoms with Gasteiger partial charge in [-0.25, -0.2) is 0 Å². The smallest absolute Gasteiger partial charge is 0.204 e. The van der Waals surface area contributed by atoms with Crippen molar-refractivity contribution in [2.75, 3.05) is 0 Å². The lowest BCUT2D eigenvalue weighted by atomic mass is 10.1. The van der Waals surface area contributed by atoms with Crippen LogP contribution in [-0.4, -0.2) is 5.78 Å². The summed E-state index contributed by atoms with van der Waals surface area (Å²) in [7, 11) is 0. The van der Waals surface area contributed by atoms with Crippen molar-refractivity contribution in [1.29, 1.82) is 0 Å². The predicted molar refractivity (Wildman–Crippen MR) is 74.6 cm³/mol. The summed E-state index contributed by atoms with van der Waals surface area (Å²) in [6.45, 7) is 0. The lowest BCUT2D eigenvalue weighted by Gasteiger charge is -1.99. The molecule has 1 nitrogen and oxygen atoms in total. The fraction of sp³-hybridized carbons (Fsp3) is 0. The zero-order valence-corrected chi connectivity index (χ0v) is 12.6. The largest absolute Gasteiger partial charge is 0.288 e. The summed E-state index contributed by atoms with van der Waals surface area (Å²) in [6, 6.07) is 6.95. The average molecular weight is 380 g/mol. The first-order valence-electron chi connectivity index (χ1n) is 4.32. The first-order valence-corrected chi connectivity index (χ1v) is 7.16. The van der Waals surface area contributed by atoms with E-state index in [0.29, 0.717) is 15.5 Å². The number of thiophene rings is 1. The summed E-state index contributed by atoms with van der Waals surface area (Å²) < 4.78 is 1.69. The number of benzene rings is 1. The summed E-state index contributed by atoms with van der Waals surface area (Å²) in [5.74, 6) is -0.0231. The Morgan fingerprint density at radius 1 is 1.31 bits per heavy atom. The number of hydrogen-bond donors (Lipinski definition) is 0. The molecule has 0 fully saturated rings. The maximum absolute atomic E-state index is 12.1. The van der Waals surface area contributed by atoms with Gasteiger partial charge in [0.15, 0.2) is 0 Å². The van der Waals surface area contributed by atoms with Gasteiger partial charge in [0.1, 0.15) is 0 Å². The van der Waals surface area contributed by atoms with Gasteiger partial charge in [-0.1, -0.05) is 23.7 Å². The van der Waals surface area contributed by atoms with Crippen LogP contribution >= 0.6 is 54.8 Å². The Labute approximate surface area is 119 Å². The standard InChI is InChI=1S/C11H5Br2ClOS/c12-8-5-16-11(9(8)13)10(15)6-2-1-3-7(14)4-6/h1-5H. The molecule has 1 heterocycles. The average Bonchev–Trinajstić information content (AvgIpc) is 2.59. The summed E-state index contributed by atoms with van der Waals surface area (Å²) in [5.41, 5.74) is 0.600. The van der Waals surface area contributed by atoms with Gasteiger partial charge < -0.3 is 0 Å². The quantitative estimate of drug-likeness (QED) is 0.658. The van der Waals surface area contributed by atoms with E-state index < -0.39 is 0 Å². The highest BCUT2D eigenvalue weighted by atomic mass is 79.9. The Hall–Kier alpha value is -0.160. The van der Waals surface area contributed by atoms with E-state index in [9.17, 15) is 4.79 Å². The van der Waals surface area contributed by atoms with Crippen LogP contribution in [0.5, 0.6) is 0 Å². The second-order valence-electron chi connectivity index (χ2n) is 3.07. The molecule has 2 aromatic rings. The molecule has 0 unspecified atom stereocenters. The third kappa shape index (κ3) is 2.40. The first-order chi connectivity index (χ1) is 7.59. The Morgan fingerprint density at radius 2 is 2.06 bits per heavy atom. The minimum absolute atomic E-state index is 0.0231. The molecule has 0 aliphatic carbocycles. The third-order valence-corrected chi connectivity index (χ3v) is 5.74. The fourth-order valence-electron chi connectivity index (χ4n) is 1.24. The maximum atomic E-state index is 12.1. The van der Waals surface area contributed by atoms with Gasteiger partial charge in [-0.3, -0.25) is 4.79 Å². The Morgan fingerprint density at radius 3 is 2.62 bits per heavy atom. The minimum Gasteiger partial charge on any atom is -0.288 e. The normalized spacial score (nSPS) is 10.4. The molecule has 1 aromatic heterocycles. The number of carbonyl (C=O) groups is 1. The maximum Gasteiger partial charge on any atom is 0.204 e. The van der Waals surface area contributed by atoms with Crippen LogP contribution in [0, 0.1) is 0 Å². The zero-order chi connectivity index (χ0) is 11.7. The van der Waals surface area contributed by atoms with E-state index in [0.717, 1.165) is 8.95 Å². The molecule has 0 bridgehead atoms. The number of rotatable bonds is 2. The van der Waals surface area contributed by atoms with Gasteiger partial charge in [0, 0.05) is 20.4 Å². The van der Waals surface area contributed by atoms with Crippen molar-refractivity contribution in [3.8, 4) is 0 Å². The van der Waals surface area contributed by atoms with E-state index in [4.69, 9.17) is 11.6 Å². The zero-order valence-electron chi connectivity index (χ0n) is 7.84. The number of halogens is 3. The van der Waals surface area contributed by atoms with E-state index in [1.807, 2.05) is 5.38 Å². The molecule has 0 saturated heterocycles. The third-order valence-electron chi connectivity index (χ3n) is 1.98. The van der Waals surface area contributed by atoms with Crippen LogP contribution in [0.25, 0.3) is 0 Å². The van der Waals surface area contributed by atoms with Crippen LogP contribution in [0.15, 0.2) is 38.6 Å². The fourth-order valence-corrected chi connectivity index (χ4v) is 3.54. The topological polar surface area (TPSA) is 17.1 Å². The van der Waals surface area contributed by atoms with Crippen molar-refractivity contribution in [2.24, 2.45) is 0 Å². The molecule has 2 rings (SSSR count). The van der Waals surface area contributed by atoms with E-state index in [1.54, 1.807) is 24.3 Å². The van der Waals surface area contributed by atoms with Crippen molar-refractivity contribution < 1.29 is 4.79 Å². The highest BCUT2D eigenvalue weighted by Crippen LogP contribution is 2.34. The number of hydrogen-bond acceptors (Lipinski definition) is 2. The van der Waals surface area contributed by atoms with Crippen molar-refractivity contribution in [3.63, 3.8) is 0 Å². The van der Waals surface area contributed by atoms with E-state index >= 15 is 0 Å². The van der Waals surface area contributed by atoms with Gasteiger partial charge in [-0.05, 0) is 44.0 Å². The molecule has 82 valence electrons. The van der Waals surface area contributed by atoms with Gasteiger partial charge >= 0.3 is 0 Å². The molecule has 0 amide bonds. The molecule has 0 aliphatic heterocycles. The van der Waals surface area contributed by atoms with E-state index in [1.165, 1.54) is 11.3 Å². The minimum atomic E-state index is -0.0231. The first kappa shape index (κ1) is 12.3. The molecular weight excluding hydrogens is 375 g/mol. The van der Waals surface area contributed by atoms with Crippen molar-refractivity contribution in [2.45, 2.75) is 0 Å². The van der Waals surface area contributed by atoms with Crippen LogP contribution in [0.2, 0.25) is 5.02 Å². The van der Waals surface area contributed by atoms with Crippen molar-refractivity contribution in [3.05, 3.63) is 54.1 Å². The molecule has 0 spiro atoms. The lowest BCUT2D eigenvalue weighted by Crippen LogP contribution is -1.98. The van der Waals surface area contributed by atoms with Crippen molar-refractivity contribution >= 4 is 60.6 Å². The molecule has 0 radical (unpaired) electrons. The van der Waals surface area contributed by atoms with Gasteiger partial charge in [0.25, 0.3) is 0 Å². The molecular formula is C11H5Br2ClOS. The number of carbonyl (C=O) groups excluding carboxylic acids is 1. The molecule has 0 aliphatic rings. The molecule has 0 N–H and O–H groups in total. The Bertz CT molecular complexity index is 551.